The summed E-state index contributed by atoms with van der Waals surface area (Å²) in [5, 5.41) is 2.89. The highest BCUT2D eigenvalue weighted by atomic mass is 35.5. The van der Waals surface area contributed by atoms with Crippen molar-refractivity contribution < 1.29 is 14.3 Å². The summed E-state index contributed by atoms with van der Waals surface area (Å²) in [6.45, 7) is 7.96. The van der Waals surface area contributed by atoms with Gasteiger partial charge in [-0.3, -0.25) is 9.59 Å². The molecule has 0 bridgehead atoms. The van der Waals surface area contributed by atoms with Gasteiger partial charge in [-0.1, -0.05) is 25.1 Å². The SMILES string of the molecule is CCOc1ccccc1C(CC(=O)N1CCC(C)(CN)C1)NC(C)=O.Cl. The van der Waals surface area contributed by atoms with Crippen molar-refractivity contribution >= 4 is 24.2 Å². The van der Waals surface area contributed by atoms with Crippen molar-refractivity contribution in [2.45, 2.75) is 39.7 Å². The number of hydrogen-bond donors (Lipinski definition) is 2. The third kappa shape index (κ3) is 5.61. The van der Waals surface area contributed by atoms with E-state index in [-0.39, 0.29) is 36.1 Å². The Morgan fingerprint density at radius 3 is 2.65 bits per heavy atom. The zero-order chi connectivity index (χ0) is 18.4. The highest BCUT2D eigenvalue weighted by Gasteiger charge is 2.35. The van der Waals surface area contributed by atoms with Gasteiger partial charge < -0.3 is 20.7 Å². The van der Waals surface area contributed by atoms with Gasteiger partial charge in [0.15, 0.2) is 0 Å². The van der Waals surface area contributed by atoms with Crippen LogP contribution in [0, 0.1) is 5.41 Å². The minimum atomic E-state index is -0.405. The first-order valence-corrected chi connectivity index (χ1v) is 8.85. The highest BCUT2D eigenvalue weighted by Crippen LogP contribution is 2.32. The molecule has 26 heavy (non-hydrogen) atoms. The lowest BCUT2D eigenvalue weighted by atomic mass is 9.90. The molecule has 1 heterocycles. The number of nitrogens with zero attached hydrogens (tertiary/aromatic N) is 1. The first kappa shape index (κ1) is 22.3. The number of nitrogens with two attached hydrogens (primary N) is 1. The van der Waals surface area contributed by atoms with Gasteiger partial charge in [0.2, 0.25) is 11.8 Å². The van der Waals surface area contributed by atoms with Crippen LogP contribution in [0.1, 0.15) is 45.2 Å². The van der Waals surface area contributed by atoms with Crippen molar-refractivity contribution in [3.63, 3.8) is 0 Å². The zero-order valence-electron chi connectivity index (χ0n) is 15.8. The number of nitrogens with one attached hydrogen (secondary N) is 1. The molecule has 1 aliphatic heterocycles. The molecule has 2 rings (SSSR count). The summed E-state index contributed by atoms with van der Waals surface area (Å²) in [7, 11) is 0. The molecule has 0 aromatic heterocycles. The third-order valence-corrected chi connectivity index (χ3v) is 4.75. The van der Waals surface area contributed by atoms with Crippen LogP contribution in [0.5, 0.6) is 5.75 Å². The predicted octanol–water partition coefficient (Wildman–Crippen LogP) is 2.27. The number of carbonyl (C=O) groups excluding carboxylic acids is 2. The molecule has 2 amide bonds. The quantitative estimate of drug-likeness (QED) is 0.756. The molecule has 0 spiro atoms. The Bertz CT molecular complexity index is 626. The average Bonchev–Trinajstić information content (AvgIpc) is 2.98. The zero-order valence-corrected chi connectivity index (χ0v) is 16.6. The van der Waals surface area contributed by atoms with Crippen LogP contribution in [-0.2, 0) is 9.59 Å². The van der Waals surface area contributed by atoms with Crippen LogP contribution < -0.4 is 15.8 Å². The summed E-state index contributed by atoms with van der Waals surface area (Å²) < 4.78 is 5.66. The second kappa shape index (κ2) is 9.78. The van der Waals surface area contributed by atoms with Gasteiger partial charge in [0.25, 0.3) is 0 Å². The fourth-order valence-electron chi connectivity index (χ4n) is 3.25. The molecule has 2 atom stereocenters. The number of hydrogen-bond acceptors (Lipinski definition) is 4. The fourth-order valence-corrected chi connectivity index (χ4v) is 3.25. The van der Waals surface area contributed by atoms with E-state index in [4.69, 9.17) is 10.5 Å². The van der Waals surface area contributed by atoms with Crippen LogP contribution in [0.25, 0.3) is 0 Å². The molecule has 3 N–H and O–H groups in total. The van der Waals surface area contributed by atoms with Crippen LogP contribution in [-0.4, -0.2) is 43.0 Å². The maximum Gasteiger partial charge on any atom is 0.225 e. The molecule has 0 aliphatic carbocycles. The number of halogens is 1. The van der Waals surface area contributed by atoms with Crippen LogP contribution in [0.2, 0.25) is 0 Å². The van der Waals surface area contributed by atoms with Crippen LogP contribution in [0.4, 0.5) is 0 Å². The van der Waals surface area contributed by atoms with E-state index in [1.54, 1.807) is 0 Å². The van der Waals surface area contributed by atoms with Crippen molar-refractivity contribution in [3.8, 4) is 5.75 Å². The lowest BCUT2D eigenvalue weighted by molar-refractivity contribution is -0.131. The summed E-state index contributed by atoms with van der Waals surface area (Å²) in [6, 6.07) is 7.12. The molecule has 1 aliphatic rings. The number of rotatable bonds is 7. The van der Waals surface area contributed by atoms with Crippen LogP contribution >= 0.6 is 12.4 Å². The summed E-state index contributed by atoms with van der Waals surface area (Å²) in [5.41, 5.74) is 6.65. The standard InChI is InChI=1S/C19H29N3O3.ClH/c1-4-25-17-8-6-5-7-15(17)16(21-14(2)23)11-18(24)22-10-9-19(3,12-20)13-22;/h5-8,16H,4,9-13,20H2,1-3H3,(H,21,23);1H. The van der Waals surface area contributed by atoms with Gasteiger partial charge in [0, 0.05) is 25.6 Å². The molecule has 146 valence electrons. The Balaban J connectivity index is 0.00000338. The number of likely N-dealkylation sites (tertiary alicyclic amines) is 1. The molecule has 1 fully saturated rings. The van der Waals surface area contributed by atoms with E-state index in [1.807, 2.05) is 36.1 Å². The normalized spacial score (nSPS) is 20.2. The second-order valence-electron chi connectivity index (χ2n) is 7.01. The smallest absolute Gasteiger partial charge is 0.225 e. The minimum absolute atomic E-state index is 0. The number of para-hydroxylation sites is 1. The van der Waals surface area contributed by atoms with E-state index >= 15 is 0 Å². The molecule has 1 aromatic rings. The predicted molar refractivity (Wildman–Crippen MR) is 104 cm³/mol. The van der Waals surface area contributed by atoms with Crippen molar-refractivity contribution in [2.24, 2.45) is 11.1 Å². The lowest BCUT2D eigenvalue weighted by Gasteiger charge is -2.25. The molecular formula is C19H30ClN3O3. The number of benzene rings is 1. The van der Waals surface area contributed by atoms with Gasteiger partial charge in [-0.2, -0.15) is 0 Å². The summed E-state index contributed by atoms with van der Waals surface area (Å²) in [5.74, 6) is 0.560. The van der Waals surface area contributed by atoms with Gasteiger partial charge in [0.1, 0.15) is 5.75 Å². The van der Waals surface area contributed by atoms with Crippen molar-refractivity contribution in [2.75, 3.05) is 26.2 Å². The van der Waals surface area contributed by atoms with E-state index in [0.717, 1.165) is 12.0 Å². The Labute approximate surface area is 161 Å². The Hall–Kier alpha value is -1.79. The summed E-state index contributed by atoms with van der Waals surface area (Å²) in [6.07, 6.45) is 1.12. The van der Waals surface area contributed by atoms with Gasteiger partial charge in [-0.05, 0) is 31.4 Å². The van der Waals surface area contributed by atoms with E-state index in [9.17, 15) is 9.59 Å². The third-order valence-electron chi connectivity index (χ3n) is 4.75. The van der Waals surface area contributed by atoms with Crippen molar-refractivity contribution in [3.05, 3.63) is 29.8 Å². The molecule has 2 unspecified atom stereocenters. The molecule has 0 radical (unpaired) electrons. The first-order valence-electron chi connectivity index (χ1n) is 8.85. The van der Waals surface area contributed by atoms with Gasteiger partial charge >= 0.3 is 0 Å². The van der Waals surface area contributed by atoms with E-state index in [1.165, 1.54) is 6.92 Å². The van der Waals surface area contributed by atoms with Gasteiger partial charge in [0.05, 0.1) is 19.1 Å². The monoisotopic (exact) mass is 383 g/mol. The first-order chi connectivity index (χ1) is 11.9. The molecule has 0 saturated carbocycles. The van der Waals surface area contributed by atoms with Crippen LogP contribution in [0.3, 0.4) is 0 Å². The molecule has 1 aromatic carbocycles. The topological polar surface area (TPSA) is 84.7 Å². The van der Waals surface area contributed by atoms with E-state index in [0.29, 0.717) is 32.0 Å². The van der Waals surface area contributed by atoms with Gasteiger partial charge in [-0.25, -0.2) is 0 Å². The largest absolute Gasteiger partial charge is 0.494 e. The van der Waals surface area contributed by atoms with E-state index < -0.39 is 6.04 Å². The van der Waals surface area contributed by atoms with Crippen molar-refractivity contribution in [1.82, 2.24) is 10.2 Å². The summed E-state index contributed by atoms with van der Waals surface area (Å²) >= 11 is 0. The Morgan fingerprint density at radius 2 is 2.08 bits per heavy atom. The van der Waals surface area contributed by atoms with Crippen LogP contribution in [0.15, 0.2) is 24.3 Å². The second-order valence-corrected chi connectivity index (χ2v) is 7.01. The Morgan fingerprint density at radius 1 is 1.38 bits per heavy atom. The molecule has 1 saturated heterocycles. The average molecular weight is 384 g/mol. The maximum absolute atomic E-state index is 12.8. The highest BCUT2D eigenvalue weighted by molar-refractivity contribution is 5.85. The molecular weight excluding hydrogens is 354 g/mol. The minimum Gasteiger partial charge on any atom is -0.494 e. The van der Waals surface area contributed by atoms with Gasteiger partial charge in [-0.15, -0.1) is 12.4 Å². The van der Waals surface area contributed by atoms with Crippen molar-refractivity contribution in [1.29, 1.82) is 0 Å². The molecule has 6 nitrogen and oxygen atoms in total. The maximum atomic E-state index is 12.8. The molecule has 7 heteroatoms. The fraction of sp³-hybridized carbons (Fsp3) is 0.579. The number of carbonyl (C=O) groups is 2. The van der Waals surface area contributed by atoms with E-state index in [2.05, 4.69) is 12.2 Å². The Kier molecular flexibility index (Phi) is 8.37. The lowest BCUT2D eigenvalue weighted by Crippen LogP contribution is -2.37. The summed E-state index contributed by atoms with van der Waals surface area (Å²) in [4.78, 5) is 26.3. The number of ether oxygens (including phenoxy) is 1. The number of amides is 2.